The van der Waals surface area contributed by atoms with E-state index in [2.05, 4.69) is 33.9 Å². The van der Waals surface area contributed by atoms with Gasteiger partial charge in [-0.2, -0.15) is 0 Å². The van der Waals surface area contributed by atoms with E-state index in [4.69, 9.17) is 11.1 Å². The van der Waals surface area contributed by atoms with E-state index < -0.39 is 0 Å². The van der Waals surface area contributed by atoms with Crippen LogP contribution in [0.3, 0.4) is 0 Å². The summed E-state index contributed by atoms with van der Waals surface area (Å²) in [6.07, 6.45) is 10.9. The quantitative estimate of drug-likeness (QED) is 0.162. The lowest BCUT2D eigenvalue weighted by atomic mass is 9.98. The summed E-state index contributed by atoms with van der Waals surface area (Å²) >= 11 is 0. The van der Waals surface area contributed by atoms with Crippen LogP contribution in [0.25, 0.3) is 20.9 Å². The number of rotatable bonds is 12. The number of azide groups is 2. The maximum absolute atomic E-state index is 8.84. The van der Waals surface area contributed by atoms with Crippen LogP contribution in [0.15, 0.2) is 22.4 Å². The molecule has 0 aliphatic rings. The molecule has 0 spiro atoms. The van der Waals surface area contributed by atoms with Crippen molar-refractivity contribution >= 4 is 11.4 Å². The zero-order valence-corrected chi connectivity index (χ0v) is 14.9. The summed E-state index contributed by atoms with van der Waals surface area (Å²) in [5.41, 5.74) is 21.0. The Morgan fingerprint density at radius 2 is 1.12 bits per heavy atom. The molecule has 0 atom stereocenters. The molecule has 24 heavy (non-hydrogen) atoms. The zero-order valence-electron chi connectivity index (χ0n) is 14.9. The molecule has 6 heteroatoms. The van der Waals surface area contributed by atoms with Crippen molar-refractivity contribution in [1.82, 2.24) is 0 Å². The van der Waals surface area contributed by atoms with Crippen LogP contribution < -0.4 is 0 Å². The van der Waals surface area contributed by atoms with Gasteiger partial charge in [-0.15, -0.1) is 0 Å². The molecule has 130 valence electrons. The highest BCUT2D eigenvalue weighted by atomic mass is 15.1. The van der Waals surface area contributed by atoms with Gasteiger partial charge in [-0.1, -0.05) is 62.6 Å². The van der Waals surface area contributed by atoms with Gasteiger partial charge in [0.1, 0.15) is 0 Å². The van der Waals surface area contributed by atoms with Crippen molar-refractivity contribution in [3.63, 3.8) is 0 Å². The predicted molar refractivity (Wildman–Crippen MR) is 99.7 cm³/mol. The van der Waals surface area contributed by atoms with Crippen LogP contribution in [0.2, 0.25) is 0 Å². The normalized spacial score (nSPS) is 10.1. The van der Waals surface area contributed by atoms with E-state index in [1.807, 2.05) is 12.1 Å². The molecule has 1 aromatic carbocycles. The van der Waals surface area contributed by atoms with Gasteiger partial charge < -0.3 is 0 Å². The molecular weight excluding hydrogens is 300 g/mol. The lowest BCUT2D eigenvalue weighted by Gasteiger charge is -2.12. The van der Waals surface area contributed by atoms with Crippen molar-refractivity contribution in [2.45, 2.75) is 78.1 Å². The van der Waals surface area contributed by atoms with Crippen molar-refractivity contribution in [2.24, 2.45) is 10.2 Å². The van der Waals surface area contributed by atoms with Crippen LogP contribution in [0, 0.1) is 0 Å². The van der Waals surface area contributed by atoms with Crippen LogP contribution in [0.1, 0.15) is 76.3 Å². The zero-order chi connectivity index (χ0) is 17.6. The van der Waals surface area contributed by atoms with E-state index in [9.17, 15) is 0 Å². The smallest absolute Gasteiger partial charge is 0.0410 e. The van der Waals surface area contributed by atoms with Gasteiger partial charge in [-0.25, -0.2) is 0 Å². The molecule has 0 saturated carbocycles. The molecule has 0 heterocycles. The molecule has 0 radical (unpaired) electrons. The molecular formula is C18H28N6. The van der Waals surface area contributed by atoms with Gasteiger partial charge in [-0.05, 0) is 60.0 Å². The van der Waals surface area contributed by atoms with E-state index in [1.165, 1.54) is 25.7 Å². The van der Waals surface area contributed by atoms with Gasteiger partial charge in [0.25, 0.3) is 0 Å². The fourth-order valence-corrected chi connectivity index (χ4v) is 2.83. The molecule has 1 aromatic rings. The van der Waals surface area contributed by atoms with Crippen LogP contribution in [-0.4, -0.2) is 0 Å². The van der Waals surface area contributed by atoms with Gasteiger partial charge in [0.15, 0.2) is 0 Å². The number of benzene rings is 1. The van der Waals surface area contributed by atoms with E-state index in [1.54, 1.807) is 0 Å². The minimum absolute atomic E-state index is 0.677. The third-order valence-corrected chi connectivity index (χ3v) is 4.18. The molecule has 0 N–H and O–H groups in total. The fraction of sp³-hybridized carbons (Fsp3) is 0.667. The third-order valence-electron chi connectivity index (χ3n) is 4.18. The Kier molecular flexibility index (Phi) is 10.2. The molecule has 0 bridgehead atoms. The Hall–Kier alpha value is -2.16. The number of hydrogen-bond acceptors (Lipinski definition) is 2. The molecule has 0 unspecified atom stereocenters. The van der Waals surface area contributed by atoms with Crippen LogP contribution in [0.5, 0.6) is 0 Å². The minimum atomic E-state index is 0.677. The van der Waals surface area contributed by atoms with Crippen molar-refractivity contribution in [2.75, 3.05) is 0 Å². The Balaban J connectivity index is 2.99. The molecule has 0 amide bonds. The summed E-state index contributed by atoms with van der Waals surface area (Å²) in [5.74, 6) is 0. The Morgan fingerprint density at radius 3 is 1.46 bits per heavy atom. The summed E-state index contributed by atoms with van der Waals surface area (Å²) in [5, 5.41) is 7.72. The summed E-state index contributed by atoms with van der Waals surface area (Å²) in [4.78, 5) is 5.92. The molecule has 0 fully saturated rings. The van der Waals surface area contributed by atoms with Crippen LogP contribution >= 0.6 is 0 Å². The minimum Gasteiger partial charge on any atom is -0.0654 e. The fourth-order valence-electron chi connectivity index (χ4n) is 2.83. The monoisotopic (exact) mass is 328 g/mol. The van der Waals surface area contributed by atoms with Crippen molar-refractivity contribution in [3.8, 4) is 0 Å². The predicted octanol–water partition coefficient (Wildman–Crippen LogP) is 7.82. The Bertz CT molecular complexity index is 544. The maximum Gasteiger partial charge on any atom is 0.0410 e. The average molecular weight is 328 g/mol. The highest BCUT2D eigenvalue weighted by molar-refractivity contribution is 5.59. The first-order valence-corrected chi connectivity index (χ1v) is 9.02. The highest BCUT2D eigenvalue weighted by Gasteiger charge is 2.09. The first-order valence-electron chi connectivity index (χ1n) is 9.02. The highest BCUT2D eigenvalue weighted by Crippen LogP contribution is 2.32. The first kappa shape index (κ1) is 19.9. The van der Waals surface area contributed by atoms with Gasteiger partial charge in [-0.3, -0.25) is 0 Å². The molecule has 0 aliphatic carbocycles. The molecule has 1 rings (SSSR count). The van der Waals surface area contributed by atoms with E-state index in [0.29, 0.717) is 11.4 Å². The van der Waals surface area contributed by atoms with E-state index in [0.717, 1.165) is 49.7 Å². The summed E-state index contributed by atoms with van der Waals surface area (Å²) in [6, 6.07) is 3.82. The maximum atomic E-state index is 8.84. The summed E-state index contributed by atoms with van der Waals surface area (Å²) in [7, 11) is 0. The SMILES string of the molecule is CCCCCCc1cc(N=[N+]=[N-])c(CCCCCC)cc1N=[N+]=[N-]. The standard InChI is InChI=1S/C18H28N6/c1-3-5-7-9-11-15-13-18(22-24-20)16(12-10-8-6-4-2)14-17(15)21-23-19/h13-14H,3-12H2,1-2H3. The first-order chi connectivity index (χ1) is 11.8. The van der Waals surface area contributed by atoms with Crippen molar-refractivity contribution < 1.29 is 0 Å². The second kappa shape index (κ2) is 12.3. The third kappa shape index (κ3) is 6.95. The Morgan fingerprint density at radius 1 is 0.708 bits per heavy atom. The van der Waals surface area contributed by atoms with Crippen molar-refractivity contribution in [3.05, 3.63) is 44.1 Å². The van der Waals surface area contributed by atoms with Crippen LogP contribution in [-0.2, 0) is 12.8 Å². The largest absolute Gasteiger partial charge is 0.0654 e. The lowest BCUT2D eigenvalue weighted by Crippen LogP contribution is -1.92. The van der Waals surface area contributed by atoms with E-state index in [-0.39, 0.29) is 0 Å². The molecule has 0 aliphatic heterocycles. The lowest BCUT2D eigenvalue weighted by molar-refractivity contribution is 0.664. The average Bonchev–Trinajstić information content (AvgIpc) is 2.58. The summed E-state index contributed by atoms with van der Waals surface area (Å²) < 4.78 is 0. The van der Waals surface area contributed by atoms with E-state index >= 15 is 0 Å². The van der Waals surface area contributed by atoms with Crippen molar-refractivity contribution in [1.29, 1.82) is 0 Å². The van der Waals surface area contributed by atoms with Gasteiger partial charge in [0.2, 0.25) is 0 Å². The van der Waals surface area contributed by atoms with Gasteiger partial charge in [0, 0.05) is 21.2 Å². The van der Waals surface area contributed by atoms with Gasteiger partial charge in [0.05, 0.1) is 0 Å². The molecule has 6 nitrogen and oxygen atoms in total. The Labute approximate surface area is 144 Å². The topological polar surface area (TPSA) is 97.5 Å². The molecule has 0 saturated heterocycles. The summed E-state index contributed by atoms with van der Waals surface area (Å²) in [6.45, 7) is 4.36. The number of nitrogens with zero attached hydrogens (tertiary/aromatic N) is 6. The van der Waals surface area contributed by atoms with Crippen LogP contribution in [0.4, 0.5) is 11.4 Å². The second-order valence-electron chi connectivity index (χ2n) is 6.11. The van der Waals surface area contributed by atoms with Gasteiger partial charge >= 0.3 is 0 Å². The number of hydrogen-bond donors (Lipinski definition) is 0. The second-order valence-corrected chi connectivity index (χ2v) is 6.11. The number of aryl methyl sites for hydroxylation is 2. The molecule has 0 aromatic heterocycles. The number of unbranched alkanes of at least 4 members (excludes halogenated alkanes) is 6.